The lowest BCUT2D eigenvalue weighted by Gasteiger charge is -2.22. The molecule has 0 spiro atoms. The second kappa shape index (κ2) is 9.20. The number of amides is 1. The van der Waals surface area contributed by atoms with Gasteiger partial charge in [0.2, 0.25) is 0 Å². The fourth-order valence-corrected chi connectivity index (χ4v) is 5.66. The standard InChI is InChI=1S/C21H21N3O3S3/c1-13-11-29-21(22-13)30-12-20(25)24-16(10-15(23-24)19-5-4-8-28-19)14-6-7-17(26-2)18(9-14)27-3/h4-9,11,16H,10,12H2,1-3H3. The number of rotatable bonds is 7. The fraction of sp³-hybridized carbons (Fsp3) is 0.286. The van der Waals surface area contributed by atoms with Crippen molar-refractivity contribution < 1.29 is 14.3 Å². The van der Waals surface area contributed by atoms with E-state index in [2.05, 4.69) is 4.98 Å². The highest BCUT2D eigenvalue weighted by Gasteiger charge is 2.34. The first-order valence-corrected chi connectivity index (χ1v) is 12.0. The van der Waals surface area contributed by atoms with Crippen LogP contribution in [0.15, 0.2) is 50.5 Å². The maximum Gasteiger partial charge on any atom is 0.253 e. The molecule has 1 aliphatic rings. The lowest BCUT2D eigenvalue weighted by Crippen LogP contribution is -2.28. The molecule has 1 aliphatic heterocycles. The monoisotopic (exact) mass is 459 g/mol. The normalized spacial score (nSPS) is 15.9. The number of hydrogen-bond acceptors (Lipinski definition) is 8. The SMILES string of the molecule is COc1ccc(C2CC(c3cccs3)=NN2C(=O)CSc2nc(C)cs2)cc1OC. The van der Waals surface area contributed by atoms with Gasteiger partial charge in [-0.3, -0.25) is 4.79 Å². The number of hydrazone groups is 1. The average Bonchev–Trinajstić information content (AvgIpc) is 3.51. The van der Waals surface area contributed by atoms with E-state index < -0.39 is 0 Å². The van der Waals surface area contributed by atoms with Gasteiger partial charge in [0.15, 0.2) is 15.8 Å². The van der Waals surface area contributed by atoms with Crippen molar-refractivity contribution in [3.63, 3.8) is 0 Å². The van der Waals surface area contributed by atoms with Crippen molar-refractivity contribution in [2.24, 2.45) is 5.10 Å². The Morgan fingerprint density at radius 3 is 2.73 bits per heavy atom. The van der Waals surface area contributed by atoms with E-state index in [0.717, 1.165) is 26.2 Å². The molecule has 30 heavy (non-hydrogen) atoms. The summed E-state index contributed by atoms with van der Waals surface area (Å²) in [4.78, 5) is 18.6. The molecule has 4 rings (SSSR count). The van der Waals surface area contributed by atoms with Gasteiger partial charge in [-0.05, 0) is 36.1 Å². The summed E-state index contributed by atoms with van der Waals surface area (Å²) >= 11 is 4.64. The number of hydrogen-bond donors (Lipinski definition) is 0. The Morgan fingerprint density at radius 1 is 1.23 bits per heavy atom. The molecule has 0 saturated heterocycles. The molecule has 0 radical (unpaired) electrons. The van der Waals surface area contributed by atoms with E-state index in [9.17, 15) is 4.79 Å². The van der Waals surface area contributed by atoms with Crippen molar-refractivity contribution in [1.29, 1.82) is 0 Å². The highest BCUT2D eigenvalue weighted by molar-refractivity contribution is 8.01. The zero-order valence-electron chi connectivity index (χ0n) is 16.8. The Labute approximate surface area is 187 Å². The van der Waals surface area contributed by atoms with E-state index in [1.165, 1.54) is 11.8 Å². The zero-order valence-corrected chi connectivity index (χ0v) is 19.3. The molecule has 0 saturated carbocycles. The molecule has 1 unspecified atom stereocenters. The number of nitrogens with zero attached hydrogens (tertiary/aromatic N) is 3. The first-order valence-electron chi connectivity index (χ1n) is 9.29. The predicted molar refractivity (Wildman–Crippen MR) is 122 cm³/mol. The molecule has 156 valence electrons. The smallest absolute Gasteiger partial charge is 0.253 e. The maximum absolute atomic E-state index is 13.1. The van der Waals surface area contributed by atoms with Crippen molar-refractivity contribution in [3.05, 3.63) is 57.2 Å². The number of thiophene rings is 1. The van der Waals surface area contributed by atoms with Crippen LogP contribution in [-0.4, -0.2) is 41.6 Å². The quantitative estimate of drug-likeness (QED) is 0.465. The van der Waals surface area contributed by atoms with Crippen LogP contribution in [0.25, 0.3) is 0 Å². The third kappa shape index (κ3) is 4.38. The third-order valence-electron chi connectivity index (χ3n) is 4.68. The third-order valence-corrected chi connectivity index (χ3v) is 7.72. The van der Waals surface area contributed by atoms with Crippen LogP contribution in [0.2, 0.25) is 0 Å². The van der Waals surface area contributed by atoms with Gasteiger partial charge in [-0.2, -0.15) is 5.10 Å². The lowest BCUT2D eigenvalue weighted by molar-refractivity contribution is -0.130. The maximum atomic E-state index is 13.1. The van der Waals surface area contributed by atoms with Crippen molar-refractivity contribution >= 4 is 46.1 Å². The molecule has 1 atom stereocenters. The summed E-state index contributed by atoms with van der Waals surface area (Å²) in [5.74, 6) is 1.54. The second-order valence-electron chi connectivity index (χ2n) is 6.64. The summed E-state index contributed by atoms with van der Waals surface area (Å²) in [7, 11) is 3.22. The highest BCUT2D eigenvalue weighted by Crippen LogP contribution is 2.38. The number of methoxy groups -OCH3 is 2. The highest BCUT2D eigenvalue weighted by atomic mass is 32.2. The predicted octanol–water partition coefficient (Wildman–Crippen LogP) is 5.00. The van der Waals surface area contributed by atoms with Crippen molar-refractivity contribution in [2.45, 2.75) is 23.7 Å². The first-order chi connectivity index (χ1) is 14.6. The summed E-state index contributed by atoms with van der Waals surface area (Å²) in [6.45, 7) is 1.95. The van der Waals surface area contributed by atoms with Gasteiger partial charge in [0, 0.05) is 17.5 Å². The molecular formula is C21H21N3O3S3. The number of aromatic nitrogens is 1. The number of aryl methyl sites for hydroxylation is 1. The molecular weight excluding hydrogens is 438 g/mol. The molecule has 0 bridgehead atoms. The molecule has 0 N–H and O–H groups in total. The Kier molecular flexibility index (Phi) is 6.40. The number of carbonyl (C=O) groups is 1. The molecule has 0 aliphatic carbocycles. The van der Waals surface area contributed by atoms with Gasteiger partial charge in [-0.15, -0.1) is 22.7 Å². The van der Waals surface area contributed by atoms with Gasteiger partial charge in [-0.25, -0.2) is 9.99 Å². The van der Waals surface area contributed by atoms with Crippen LogP contribution in [0.3, 0.4) is 0 Å². The topological polar surface area (TPSA) is 64.0 Å². The molecule has 0 fully saturated rings. The summed E-state index contributed by atoms with van der Waals surface area (Å²) in [6.07, 6.45) is 0.656. The lowest BCUT2D eigenvalue weighted by atomic mass is 10.0. The summed E-state index contributed by atoms with van der Waals surface area (Å²) < 4.78 is 11.7. The minimum absolute atomic E-state index is 0.0424. The molecule has 3 aromatic rings. The Bertz CT molecular complexity index is 1060. The van der Waals surface area contributed by atoms with Crippen molar-refractivity contribution in [3.8, 4) is 11.5 Å². The molecule has 6 nitrogen and oxygen atoms in total. The summed E-state index contributed by atoms with van der Waals surface area (Å²) in [5.41, 5.74) is 2.86. The van der Waals surface area contributed by atoms with Crippen molar-refractivity contribution in [2.75, 3.05) is 20.0 Å². The number of benzene rings is 1. The van der Waals surface area contributed by atoms with Gasteiger partial charge in [0.1, 0.15) is 0 Å². The van der Waals surface area contributed by atoms with E-state index in [-0.39, 0.29) is 17.7 Å². The van der Waals surface area contributed by atoms with E-state index in [4.69, 9.17) is 14.6 Å². The van der Waals surface area contributed by atoms with Crippen LogP contribution in [0, 0.1) is 6.92 Å². The van der Waals surface area contributed by atoms with E-state index in [0.29, 0.717) is 17.9 Å². The van der Waals surface area contributed by atoms with Crippen LogP contribution >= 0.6 is 34.4 Å². The molecule has 1 amide bonds. The number of thioether (sulfide) groups is 1. The van der Waals surface area contributed by atoms with Crippen LogP contribution in [-0.2, 0) is 4.79 Å². The largest absolute Gasteiger partial charge is 0.493 e. The summed E-state index contributed by atoms with van der Waals surface area (Å²) in [5, 5.41) is 10.3. The fourth-order valence-electron chi connectivity index (χ4n) is 3.24. The number of carbonyl (C=O) groups excluding carboxylic acids is 1. The number of ether oxygens (including phenoxy) is 2. The minimum atomic E-state index is -0.187. The van der Waals surface area contributed by atoms with Gasteiger partial charge in [0.25, 0.3) is 5.91 Å². The Hall–Kier alpha value is -2.36. The van der Waals surface area contributed by atoms with E-state index in [1.807, 2.05) is 48.0 Å². The van der Waals surface area contributed by atoms with Gasteiger partial charge in [0.05, 0.1) is 36.6 Å². The van der Waals surface area contributed by atoms with Crippen LogP contribution in [0.5, 0.6) is 11.5 Å². The van der Waals surface area contributed by atoms with Crippen molar-refractivity contribution in [1.82, 2.24) is 9.99 Å². The molecule has 1 aromatic carbocycles. The van der Waals surface area contributed by atoms with Gasteiger partial charge < -0.3 is 9.47 Å². The van der Waals surface area contributed by atoms with Crippen LogP contribution in [0.4, 0.5) is 0 Å². The molecule has 2 aromatic heterocycles. The Balaban J connectivity index is 1.60. The first kappa shape index (κ1) is 20.9. The van der Waals surface area contributed by atoms with Crippen LogP contribution in [0.1, 0.15) is 28.6 Å². The van der Waals surface area contributed by atoms with Crippen LogP contribution < -0.4 is 9.47 Å². The molecule has 3 heterocycles. The van der Waals surface area contributed by atoms with Gasteiger partial charge in [-0.1, -0.05) is 23.9 Å². The minimum Gasteiger partial charge on any atom is -0.493 e. The number of thiazole rings is 1. The molecule has 9 heteroatoms. The summed E-state index contributed by atoms with van der Waals surface area (Å²) in [6, 6.07) is 9.61. The zero-order chi connectivity index (χ0) is 21.1. The van der Waals surface area contributed by atoms with Gasteiger partial charge >= 0.3 is 0 Å². The average molecular weight is 460 g/mol. The second-order valence-corrected chi connectivity index (χ2v) is 9.67. The van der Waals surface area contributed by atoms with E-state index >= 15 is 0 Å². The Morgan fingerprint density at radius 2 is 2.07 bits per heavy atom. The van der Waals surface area contributed by atoms with E-state index in [1.54, 1.807) is 41.9 Å².